The molecule has 1 nitrogen and oxygen atoms in total. The first-order valence-corrected chi connectivity index (χ1v) is 8.26. The van der Waals surface area contributed by atoms with Crippen molar-refractivity contribution in [2.75, 3.05) is 7.05 Å². The van der Waals surface area contributed by atoms with Crippen LogP contribution < -0.4 is 5.32 Å². The summed E-state index contributed by atoms with van der Waals surface area (Å²) in [6, 6.07) is 9.47. The van der Waals surface area contributed by atoms with Crippen molar-refractivity contribution >= 4 is 21.4 Å². The van der Waals surface area contributed by atoms with Gasteiger partial charge in [0.25, 0.3) is 0 Å². The molecule has 0 aliphatic heterocycles. The number of nitrogens with one attached hydrogen (secondary N) is 1. The monoisotopic (exact) mass is 273 g/mol. The zero-order valence-corrected chi connectivity index (χ0v) is 12.7. The maximum absolute atomic E-state index is 3.62. The molecule has 1 atom stereocenters. The summed E-state index contributed by atoms with van der Waals surface area (Å²) in [5.41, 5.74) is 1.91. The Labute approximate surface area is 120 Å². The van der Waals surface area contributed by atoms with E-state index in [0.717, 1.165) is 0 Å². The van der Waals surface area contributed by atoms with Crippen LogP contribution in [0, 0.1) is 5.41 Å². The van der Waals surface area contributed by atoms with Crippen LogP contribution in [0.15, 0.2) is 29.6 Å². The predicted octanol–water partition coefficient (Wildman–Crippen LogP) is 5.13. The van der Waals surface area contributed by atoms with Gasteiger partial charge in [-0.3, -0.25) is 0 Å². The fraction of sp³-hybridized carbons (Fsp3) is 0.529. The van der Waals surface area contributed by atoms with Crippen molar-refractivity contribution in [3.05, 3.63) is 35.2 Å². The predicted molar refractivity (Wildman–Crippen MR) is 84.8 cm³/mol. The zero-order chi connectivity index (χ0) is 13.3. The molecule has 19 heavy (non-hydrogen) atoms. The van der Waals surface area contributed by atoms with Crippen molar-refractivity contribution in [2.45, 2.75) is 45.1 Å². The molecular formula is C17H23NS. The van der Waals surface area contributed by atoms with E-state index in [1.165, 1.54) is 47.8 Å². The quantitative estimate of drug-likeness (QED) is 0.817. The second-order valence-electron chi connectivity index (χ2n) is 6.12. The molecule has 0 amide bonds. The van der Waals surface area contributed by atoms with E-state index < -0.39 is 0 Å². The second-order valence-corrected chi connectivity index (χ2v) is 7.04. The third-order valence-electron chi connectivity index (χ3n) is 4.80. The average Bonchev–Trinajstić information content (AvgIpc) is 2.89. The summed E-state index contributed by atoms with van der Waals surface area (Å²) >= 11 is 1.88. The van der Waals surface area contributed by atoms with Crippen molar-refractivity contribution in [3.63, 3.8) is 0 Å². The van der Waals surface area contributed by atoms with Gasteiger partial charge in [-0.2, -0.15) is 0 Å². The van der Waals surface area contributed by atoms with Gasteiger partial charge in [-0.05, 0) is 47.7 Å². The molecule has 1 fully saturated rings. The number of thiophene rings is 1. The SMILES string of the molecule is CNC(c1cccc2ccsc12)C1(C)CCCCC1. The van der Waals surface area contributed by atoms with E-state index in [2.05, 4.69) is 48.9 Å². The van der Waals surface area contributed by atoms with Crippen molar-refractivity contribution in [1.29, 1.82) is 0 Å². The van der Waals surface area contributed by atoms with E-state index in [0.29, 0.717) is 11.5 Å². The van der Waals surface area contributed by atoms with E-state index in [4.69, 9.17) is 0 Å². The molecule has 0 radical (unpaired) electrons. The molecule has 1 unspecified atom stereocenters. The summed E-state index contributed by atoms with van der Waals surface area (Å²) < 4.78 is 1.47. The maximum atomic E-state index is 3.62. The highest BCUT2D eigenvalue weighted by atomic mass is 32.1. The van der Waals surface area contributed by atoms with Crippen LogP contribution in [-0.2, 0) is 0 Å². The van der Waals surface area contributed by atoms with Gasteiger partial charge in [0.05, 0.1) is 0 Å². The summed E-state index contributed by atoms with van der Waals surface area (Å²) in [4.78, 5) is 0. The molecule has 1 aliphatic rings. The first-order valence-electron chi connectivity index (χ1n) is 7.38. The number of hydrogen-bond acceptors (Lipinski definition) is 2. The van der Waals surface area contributed by atoms with Gasteiger partial charge in [-0.15, -0.1) is 11.3 Å². The van der Waals surface area contributed by atoms with E-state index in [1.54, 1.807) is 0 Å². The van der Waals surface area contributed by atoms with Gasteiger partial charge in [-0.1, -0.05) is 44.4 Å². The van der Waals surface area contributed by atoms with Gasteiger partial charge < -0.3 is 5.32 Å². The first kappa shape index (κ1) is 13.1. The highest BCUT2D eigenvalue weighted by Crippen LogP contribution is 2.47. The van der Waals surface area contributed by atoms with Crippen LogP contribution in [0.3, 0.4) is 0 Å². The van der Waals surface area contributed by atoms with Crippen LogP contribution in [0.5, 0.6) is 0 Å². The number of rotatable bonds is 3. The Bertz CT molecular complexity index is 551. The molecule has 102 valence electrons. The van der Waals surface area contributed by atoms with Gasteiger partial charge in [0.2, 0.25) is 0 Å². The Kier molecular flexibility index (Phi) is 3.64. The normalized spacial score (nSPS) is 20.5. The van der Waals surface area contributed by atoms with Crippen molar-refractivity contribution in [3.8, 4) is 0 Å². The summed E-state index contributed by atoms with van der Waals surface area (Å²) in [6.45, 7) is 2.47. The summed E-state index contributed by atoms with van der Waals surface area (Å²) in [6.07, 6.45) is 6.87. The van der Waals surface area contributed by atoms with Gasteiger partial charge in [0, 0.05) is 10.7 Å². The van der Waals surface area contributed by atoms with Gasteiger partial charge in [-0.25, -0.2) is 0 Å². The molecule has 0 spiro atoms. The Balaban J connectivity index is 2.04. The fourth-order valence-electron chi connectivity index (χ4n) is 3.77. The van der Waals surface area contributed by atoms with E-state index >= 15 is 0 Å². The molecular weight excluding hydrogens is 250 g/mol. The van der Waals surface area contributed by atoms with Gasteiger partial charge in [0.15, 0.2) is 0 Å². The summed E-state index contributed by atoms with van der Waals surface area (Å²) in [5, 5.41) is 7.22. The van der Waals surface area contributed by atoms with Crippen LogP contribution in [0.1, 0.15) is 50.6 Å². The molecule has 1 aliphatic carbocycles. The molecule has 1 aromatic heterocycles. The fourth-order valence-corrected chi connectivity index (χ4v) is 4.72. The van der Waals surface area contributed by atoms with Crippen LogP contribution in [0.25, 0.3) is 10.1 Å². The molecule has 1 saturated carbocycles. The highest BCUT2D eigenvalue weighted by Gasteiger charge is 2.36. The third-order valence-corrected chi connectivity index (χ3v) is 5.78. The highest BCUT2D eigenvalue weighted by molar-refractivity contribution is 7.17. The first-order chi connectivity index (χ1) is 9.24. The Hall–Kier alpha value is -0.860. The number of hydrogen-bond donors (Lipinski definition) is 1. The van der Waals surface area contributed by atoms with Crippen LogP contribution in [0.4, 0.5) is 0 Å². The molecule has 2 heteroatoms. The van der Waals surface area contributed by atoms with Gasteiger partial charge >= 0.3 is 0 Å². The van der Waals surface area contributed by atoms with E-state index in [9.17, 15) is 0 Å². The Morgan fingerprint density at radius 2 is 1.95 bits per heavy atom. The van der Waals surface area contributed by atoms with Crippen LogP contribution >= 0.6 is 11.3 Å². The minimum atomic E-state index is 0.408. The smallest absolute Gasteiger partial charge is 0.0390 e. The third kappa shape index (κ3) is 2.32. The molecule has 3 rings (SSSR count). The zero-order valence-electron chi connectivity index (χ0n) is 11.9. The lowest BCUT2D eigenvalue weighted by molar-refractivity contribution is 0.151. The topological polar surface area (TPSA) is 12.0 Å². The van der Waals surface area contributed by atoms with Crippen LogP contribution in [-0.4, -0.2) is 7.05 Å². The minimum Gasteiger partial charge on any atom is -0.312 e. The Morgan fingerprint density at radius 1 is 1.16 bits per heavy atom. The number of benzene rings is 1. The molecule has 1 aromatic carbocycles. The lowest BCUT2D eigenvalue weighted by atomic mass is 9.68. The van der Waals surface area contributed by atoms with Crippen LogP contribution in [0.2, 0.25) is 0 Å². The molecule has 0 bridgehead atoms. The van der Waals surface area contributed by atoms with Crippen molar-refractivity contribution in [2.24, 2.45) is 5.41 Å². The summed E-state index contributed by atoms with van der Waals surface area (Å²) in [5.74, 6) is 0. The average molecular weight is 273 g/mol. The largest absolute Gasteiger partial charge is 0.312 e. The summed E-state index contributed by atoms with van der Waals surface area (Å²) in [7, 11) is 2.12. The second kappa shape index (κ2) is 5.26. The molecule has 2 aromatic rings. The van der Waals surface area contributed by atoms with Gasteiger partial charge in [0.1, 0.15) is 0 Å². The molecule has 1 heterocycles. The van der Waals surface area contributed by atoms with E-state index in [-0.39, 0.29) is 0 Å². The van der Waals surface area contributed by atoms with E-state index in [1.807, 2.05) is 11.3 Å². The van der Waals surface area contributed by atoms with Crippen molar-refractivity contribution < 1.29 is 0 Å². The molecule has 1 N–H and O–H groups in total. The lowest BCUT2D eigenvalue weighted by Crippen LogP contribution is -2.36. The lowest BCUT2D eigenvalue weighted by Gasteiger charge is -2.41. The maximum Gasteiger partial charge on any atom is 0.0390 e. The molecule has 0 saturated heterocycles. The number of fused-ring (bicyclic) bond motifs is 1. The van der Waals surface area contributed by atoms with Crippen molar-refractivity contribution in [1.82, 2.24) is 5.32 Å². The standard InChI is InChI=1S/C17H23NS/c1-17(10-4-3-5-11-17)16(18-2)14-8-6-7-13-9-12-19-15(13)14/h6-9,12,16,18H,3-5,10-11H2,1-2H3. The Morgan fingerprint density at radius 3 is 2.68 bits per heavy atom. The minimum absolute atomic E-state index is 0.408.